The second-order valence-corrected chi connectivity index (χ2v) is 6.95. The van der Waals surface area contributed by atoms with Crippen molar-refractivity contribution in [1.82, 2.24) is 5.48 Å². The van der Waals surface area contributed by atoms with Crippen molar-refractivity contribution >= 4 is 29.8 Å². The Bertz CT molecular complexity index is 711. The molecule has 0 unspecified atom stereocenters. The van der Waals surface area contributed by atoms with Crippen LogP contribution in [0.4, 0.5) is 0 Å². The Labute approximate surface area is 158 Å². The zero-order chi connectivity index (χ0) is 18.8. The summed E-state index contributed by atoms with van der Waals surface area (Å²) < 4.78 is 0. The normalized spacial score (nSPS) is 12.3. The van der Waals surface area contributed by atoms with Crippen LogP contribution in [0.2, 0.25) is 0 Å². The van der Waals surface area contributed by atoms with Gasteiger partial charge in [-0.2, -0.15) is 0 Å². The molecule has 4 nitrogen and oxygen atoms in total. The van der Waals surface area contributed by atoms with Gasteiger partial charge in [0, 0.05) is 11.3 Å². The lowest BCUT2D eigenvalue weighted by atomic mass is 10.0. The second-order valence-electron chi connectivity index (χ2n) is 6.07. The third kappa shape index (κ3) is 6.67. The van der Waals surface area contributed by atoms with Crippen molar-refractivity contribution in [1.29, 1.82) is 0 Å². The van der Waals surface area contributed by atoms with E-state index in [1.54, 1.807) is 17.2 Å². The van der Waals surface area contributed by atoms with Crippen LogP contribution >= 0.6 is 11.8 Å². The summed E-state index contributed by atoms with van der Waals surface area (Å²) >= 11 is 1.73. The molecule has 0 radical (unpaired) electrons. The van der Waals surface area contributed by atoms with Crippen LogP contribution in [0.5, 0.6) is 0 Å². The van der Waals surface area contributed by atoms with Crippen LogP contribution in [0.3, 0.4) is 0 Å². The number of benzene rings is 2. The fourth-order valence-electron chi connectivity index (χ4n) is 2.58. The van der Waals surface area contributed by atoms with Crippen LogP contribution in [0.1, 0.15) is 48.5 Å². The number of hydroxylamine groups is 1. The van der Waals surface area contributed by atoms with Crippen molar-refractivity contribution < 1.29 is 15.1 Å². The summed E-state index contributed by atoms with van der Waals surface area (Å²) in [7, 11) is 0. The number of nitrogens with one attached hydrogen (secondary N) is 1. The molecule has 0 bridgehead atoms. The maximum atomic E-state index is 10.9. The first-order valence-corrected chi connectivity index (χ1v) is 9.88. The van der Waals surface area contributed by atoms with E-state index in [-0.39, 0.29) is 6.42 Å². The highest BCUT2D eigenvalue weighted by Crippen LogP contribution is 2.21. The van der Waals surface area contributed by atoms with Crippen LogP contribution in [0.25, 0.3) is 12.2 Å². The molecule has 5 heteroatoms. The highest BCUT2D eigenvalue weighted by molar-refractivity contribution is 7.98. The molecule has 0 fully saturated rings. The Kier molecular flexibility index (Phi) is 8.41. The first-order chi connectivity index (χ1) is 12.6. The van der Waals surface area contributed by atoms with Gasteiger partial charge in [0.25, 0.3) is 0 Å². The van der Waals surface area contributed by atoms with Crippen LogP contribution in [0, 0.1) is 0 Å². The molecule has 0 heterocycles. The Morgan fingerprint density at radius 1 is 1.04 bits per heavy atom. The van der Waals surface area contributed by atoms with E-state index >= 15 is 0 Å². The number of thioether (sulfide) groups is 1. The number of hydrogen-bond donors (Lipinski definition) is 3. The van der Waals surface area contributed by atoms with E-state index in [1.165, 1.54) is 4.90 Å². The van der Waals surface area contributed by atoms with E-state index in [0.717, 1.165) is 23.1 Å². The summed E-state index contributed by atoms with van der Waals surface area (Å²) in [6.07, 6.45) is 7.87. The molecule has 26 heavy (non-hydrogen) atoms. The maximum Gasteiger partial charge on any atom is 0.243 e. The molecule has 0 saturated heterocycles. The van der Waals surface area contributed by atoms with Crippen molar-refractivity contribution in [3.05, 3.63) is 65.2 Å². The number of unbranched alkanes of at least 4 members (excludes halogenated alkanes) is 1. The van der Waals surface area contributed by atoms with Crippen LogP contribution < -0.4 is 5.48 Å². The Hall–Kier alpha value is -2.08. The second kappa shape index (κ2) is 10.8. The lowest BCUT2D eigenvalue weighted by Crippen LogP contribution is -2.17. The summed E-state index contributed by atoms with van der Waals surface area (Å²) in [6, 6.07) is 16.2. The van der Waals surface area contributed by atoms with E-state index in [1.807, 2.05) is 24.3 Å². The number of carbonyl (C=O) groups excluding carboxylic acids is 1. The summed E-state index contributed by atoms with van der Waals surface area (Å²) in [5.74, 6) is -0.390. The third-order valence-corrected chi connectivity index (χ3v) is 4.90. The lowest BCUT2D eigenvalue weighted by molar-refractivity contribution is -0.129. The smallest absolute Gasteiger partial charge is 0.243 e. The van der Waals surface area contributed by atoms with Crippen molar-refractivity contribution in [3.63, 3.8) is 0 Å². The average Bonchev–Trinajstić information content (AvgIpc) is 2.70. The predicted molar refractivity (Wildman–Crippen MR) is 107 cm³/mol. The largest absolute Gasteiger partial charge is 0.388 e. The molecule has 1 amide bonds. The molecule has 0 aliphatic carbocycles. The predicted octanol–water partition coefficient (Wildman–Crippen LogP) is 4.68. The summed E-state index contributed by atoms with van der Waals surface area (Å²) in [6.45, 7) is 0. The first-order valence-electron chi connectivity index (χ1n) is 8.65. The molecule has 0 aliphatic rings. The van der Waals surface area contributed by atoms with Crippen LogP contribution in [-0.2, 0) is 4.79 Å². The Morgan fingerprint density at radius 2 is 1.62 bits per heavy atom. The molecule has 2 aromatic rings. The SMILES string of the molecule is CSc1ccc(/C=C/c2ccc([C@H](O)CCCCC(=O)NO)cc2)cc1. The minimum atomic E-state index is -0.538. The molecule has 2 rings (SSSR count). The van der Waals surface area contributed by atoms with Gasteiger partial charge < -0.3 is 5.11 Å². The summed E-state index contributed by atoms with van der Waals surface area (Å²) in [5.41, 5.74) is 4.71. The molecule has 0 aliphatic heterocycles. The van der Waals surface area contributed by atoms with Gasteiger partial charge in [0.2, 0.25) is 5.91 Å². The van der Waals surface area contributed by atoms with Gasteiger partial charge in [0.1, 0.15) is 0 Å². The molecule has 138 valence electrons. The number of rotatable bonds is 9. The van der Waals surface area contributed by atoms with Crippen molar-refractivity contribution in [2.24, 2.45) is 0 Å². The number of aliphatic hydroxyl groups is 1. The van der Waals surface area contributed by atoms with E-state index in [0.29, 0.717) is 12.8 Å². The molecule has 0 spiro atoms. The molecule has 0 aromatic heterocycles. The lowest BCUT2D eigenvalue weighted by Gasteiger charge is -2.11. The van der Waals surface area contributed by atoms with Crippen LogP contribution in [-0.4, -0.2) is 22.5 Å². The van der Waals surface area contributed by atoms with Gasteiger partial charge in [0.15, 0.2) is 0 Å². The van der Waals surface area contributed by atoms with Gasteiger partial charge >= 0.3 is 0 Å². The summed E-state index contributed by atoms with van der Waals surface area (Å²) in [5, 5.41) is 18.7. The molecular weight excluding hydrogens is 346 g/mol. The van der Waals surface area contributed by atoms with Gasteiger partial charge in [-0.05, 0) is 47.9 Å². The number of carbonyl (C=O) groups is 1. The van der Waals surface area contributed by atoms with Gasteiger partial charge in [-0.15, -0.1) is 11.8 Å². The topological polar surface area (TPSA) is 69.6 Å². The van der Waals surface area contributed by atoms with Crippen LogP contribution in [0.15, 0.2) is 53.4 Å². The third-order valence-electron chi connectivity index (χ3n) is 4.16. The highest BCUT2D eigenvalue weighted by atomic mass is 32.2. The van der Waals surface area contributed by atoms with Gasteiger partial charge in [-0.3, -0.25) is 10.0 Å². The zero-order valence-corrected chi connectivity index (χ0v) is 15.7. The Balaban J connectivity index is 1.84. The van der Waals surface area contributed by atoms with Crippen molar-refractivity contribution in [2.75, 3.05) is 6.26 Å². The number of hydrogen-bond acceptors (Lipinski definition) is 4. The molecular formula is C21H25NO3S. The van der Waals surface area contributed by atoms with E-state index in [2.05, 4.69) is 42.7 Å². The Morgan fingerprint density at radius 3 is 2.15 bits per heavy atom. The van der Waals surface area contributed by atoms with E-state index in [9.17, 15) is 9.90 Å². The number of aliphatic hydroxyl groups excluding tert-OH is 1. The van der Waals surface area contributed by atoms with Crippen molar-refractivity contribution in [3.8, 4) is 0 Å². The fraction of sp³-hybridized carbons (Fsp3) is 0.286. The standard InChI is InChI=1S/C21H25NO3S/c1-26-19-14-10-17(11-15-19)7-6-16-8-12-18(13-9-16)20(23)4-2-3-5-21(24)22-25/h6-15,20,23,25H,2-5H2,1H3,(H,22,24)/b7-6+/t20-/m1/s1. The maximum absolute atomic E-state index is 10.9. The van der Waals surface area contributed by atoms with E-state index in [4.69, 9.17) is 5.21 Å². The molecule has 3 N–H and O–H groups in total. The van der Waals surface area contributed by atoms with E-state index < -0.39 is 12.0 Å². The minimum absolute atomic E-state index is 0.269. The average molecular weight is 372 g/mol. The number of amides is 1. The van der Waals surface area contributed by atoms with Crippen molar-refractivity contribution in [2.45, 2.75) is 36.7 Å². The van der Waals surface area contributed by atoms with Gasteiger partial charge in [-0.25, -0.2) is 5.48 Å². The highest BCUT2D eigenvalue weighted by Gasteiger charge is 2.07. The quantitative estimate of drug-likeness (QED) is 0.197. The molecule has 1 atom stereocenters. The first kappa shape index (κ1) is 20.2. The van der Waals surface area contributed by atoms with Gasteiger partial charge in [-0.1, -0.05) is 55.0 Å². The monoisotopic (exact) mass is 371 g/mol. The molecule has 2 aromatic carbocycles. The van der Waals surface area contributed by atoms with Gasteiger partial charge in [0.05, 0.1) is 6.10 Å². The fourth-order valence-corrected chi connectivity index (χ4v) is 2.99. The minimum Gasteiger partial charge on any atom is -0.388 e. The molecule has 0 saturated carbocycles. The zero-order valence-electron chi connectivity index (χ0n) is 14.9. The summed E-state index contributed by atoms with van der Waals surface area (Å²) in [4.78, 5) is 12.2.